The molecule has 4 atom stereocenters. The van der Waals surface area contributed by atoms with E-state index in [2.05, 4.69) is 16.0 Å². The van der Waals surface area contributed by atoms with E-state index in [1.165, 1.54) is 12.1 Å². The Balaban J connectivity index is 1.43. The minimum atomic E-state index is -1.26. The van der Waals surface area contributed by atoms with Gasteiger partial charge in [-0.1, -0.05) is 30.3 Å². The third kappa shape index (κ3) is 5.99. The van der Waals surface area contributed by atoms with E-state index in [9.17, 15) is 24.2 Å². The molecule has 160 valence electrons. The number of carbonyl (C=O) groups excluding carboxylic acids is 2. The van der Waals surface area contributed by atoms with Gasteiger partial charge in [0.05, 0.1) is 12.5 Å². The monoisotopic (exact) mass is 417 g/mol. The molecule has 0 radical (unpaired) electrons. The van der Waals surface area contributed by atoms with Gasteiger partial charge in [-0.05, 0) is 29.8 Å². The number of benzene rings is 2. The van der Waals surface area contributed by atoms with Crippen LogP contribution in [-0.4, -0.2) is 53.1 Å². The van der Waals surface area contributed by atoms with Crippen molar-refractivity contribution >= 4 is 17.6 Å². The number of amides is 3. The summed E-state index contributed by atoms with van der Waals surface area (Å²) in [6.07, 6.45) is -4.41. The van der Waals surface area contributed by atoms with Gasteiger partial charge in [0.2, 0.25) is 5.91 Å². The van der Waals surface area contributed by atoms with Gasteiger partial charge >= 0.3 is 6.03 Å². The van der Waals surface area contributed by atoms with Gasteiger partial charge in [-0.15, -0.1) is 0 Å². The van der Waals surface area contributed by atoms with Crippen LogP contribution in [0, 0.1) is 5.82 Å². The topological polar surface area (TPSA) is 120 Å². The first-order valence-corrected chi connectivity index (χ1v) is 9.55. The van der Waals surface area contributed by atoms with Gasteiger partial charge in [-0.25, -0.2) is 9.18 Å². The molecule has 0 saturated carbocycles. The van der Waals surface area contributed by atoms with Crippen LogP contribution >= 0.6 is 0 Å². The van der Waals surface area contributed by atoms with E-state index in [0.29, 0.717) is 5.69 Å². The molecule has 0 aromatic heterocycles. The zero-order valence-corrected chi connectivity index (χ0v) is 16.1. The molecule has 0 spiro atoms. The molecule has 1 heterocycles. The lowest BCUT2D eigenvalue weighted by atomic mass is 10.1. The quantitative estimate of drug-likeness (QED) is 0.463. The van der Waals surface area contributed by atoms with Gasteiger partial charge in [0.15, 0.2) is 0 Å². The van der Waals surface area contributed by atoms with Crippen molar-refractivity contribution in [1.82, 2.24) is 10.6 Å². The van der Waals surface area contributed by atoms with E-state index < -0.39 is 30.4 Å². The molecule has 0 unspecified atom stereocenters. The second-order valence-electron chi connectivity index (χ2n) is 7.00. The molecule has 0 aliphatic carbocycles. The number of anilines is 1. The van der Waals surface area contributed by atoms with Crippen molar-refractivity contribution in [2.24, 2.45) is 0 Å². The maximum absolute atomic E-state index is 12.9. The van der Waals surface area contributed by atoms with Crippen molar-refractivity contribution in [1.29, 1.82) is 0 Å². The highest BCUT2D eigenvalue weighted by molar-refractivity contribution is 5.89. The van der Waals surface area contributed by atoms with Crippen molar-refractivity contribution in [3.05, 3.63) is 66.0 Å². The first-order chi connectivity index (χ1) is 14.4. The van der Waals surface area contributed by atoms with Crippen LogP contribution in [0.2, 0.25) is 0 Å². The van der Waals surface area contributed by atoms with Gasteiger partial charge in [0.1, 0.15) is 24.1 Å². The molecule has 0 bridgehead atoms. The predicted molar refractivity (Wildman–Crippen MR) is 107 cm³/mol. The Bertz CT molecular complexity index is 849. The van der Waals surface area contributed by atoms with Crippen LogP contribution in [0.25, 0.3) is 0 Å². The highest BCUT2D eigenvalue weighted by Crippen LogP contribution is 2.23. The molecule has 30 heavy (non-hydrogen) atoms. The second kappa shape index (κ2) is 10.1. The van der Waals surface area contributed by atoms with E-state index in [-0.39, 0.29) is 31.2 Å². The van der Waals surface area contributed by atoms with Gasteiger partial charge in [-0.2, -0.15) is 0 Å². The Morgan fingerprint density at radius 3 is 2.30 bits per heavy atom. The summed E-state index contributed by atoms with van der Waals surface area (Å²) < 4.78 is 18.5. The highest BCUT2D eigenvalue weighted by Gasteiger charge is 2.43. The van der Waals surface area contributed by atoms with Gasteiger partial charge in [0, 0.05) is 18.8 Å². The second-order valence-corrected chi connectivity index (χ2v) is 7.00. The zero-order valence-electron chi connectivity index (χ0n) is 16.1. The Kier molecular flexibility index (Phi) is 7.34. The third-order valence-corrected chi connectivity index (χ3v) is 4.75. The summed E-state index contributed by atoms with van der Waals surface area (Å²) in [5.74, 6) is -0.746. The first kappa shape index (κ1) is 21.7. The summed E-state index contributed by atoms with van der Waals surface area (Å²) in [4.78, 5) is 24.1. The van der Waals surface area contributed by atoms with Crippen molar-refractivity contribution < 1.29 is 28.9 Å². The molecule has 1 fully saturated rings. The van der Waals surface area contributed by atoms with Crippen molar-refractivity contribution in [2.75, 3.05) is 11.9 Å². The predicted octanol–water partition coefficient (Wildman–Crippen LogP) is 1.14. The zero-order chi connectivity index (χ0) is 21.5. The third-order valence-electron chi connectivity index (χ3n) is 4.75. The summed E-state index contributed by atoms with van der Waals surface area (Å²) in [5.41, 5.74) is 1.34. The normalized spacial score (nSPS) is 23.0. The number of urea groups is 1. The summed E-state index contributed by atoms with van der Waals surface area (Å²) >= 11 is 0. The number of aliphatic hydroxyl groups excluding tert-OH is 2. The highest BCUT2D eigenvalue weighted by atomic mass is 19.1. The Morgan fingerprint density at radius 1 is 0.933 bits per heavy atom. The van der Waals surface area contributed by atoms with E-state index in [0.717, 1.165) is 5.56 Å². The largest absolute Gasteiger partial charge is 0.388 e. The maximum Gasteiger partial charge on any atom is 0.319 e. The van der Waals surface area contributed by atoms with E-state index in [4.69, 9.17) is 4.74 Å². The van der Waals surface area contributed by atoms with Crippen molar-refractivity contribution in [3.63, 3.8) is 0 Å². The molecule has 2 aromatic carbocycles. The number of aliphatic hydroxyl groups is 2. The number of ether oxygens (including phenoxy) is 1. The Morgan fingerprint density at radius 2 is 1.60 bits per heavy atom. The van der Waals surface area contributed by atoms with E-state index >= 15 is 0 Å². The molecule has 5 N–H and O–H groups in total. The SMILES string of the molecule is O=C(C[C@@H]1O[C@@H](CNC(=O)Nc2ccccc2)[C@@H](O)[C@H]1O)NCc1ccc(F)cc1. The van der Waals surface area contributed by atoms with Crippen LogP contribution in [0.3, 0.4) is 0 Å². The minimum Gasteiger partial charge on any atom is -0.388 e. The molecule has 1 aliphatic rings. The molecule has 3 amide bonds. The number of halogens is 1. The van der Waals surface area contributed by atoms with Crippen LogP contribution in [0.15, 0.2) is 54.6 Å². The summed E-state index contributed by atoms with van der Waals surface area (Å²) in [6.45, 7) is 0.166. The minimum absolute atomic E-state index is 0.0371. The fourth-order valence-corrected chi connectivity index (χ4v) is 3.11. The lowest BCUT2D eigenvalue weighted by molar-refractivity contribution is -0.125. The average Bonchev–Trinajstić information content (AvgIpc) is 3.00. The maximum atomic E-state index is 12.9. The lowest BCUT2D eigenvalue weighted by Crippen LogP contribution is -2.41. The van der Waals surface area contributed by atoms with E-state index in [1.54, 1.807) is 36.4 Å². The molecule has 9 heteroatoms. The summed E-state index contributed by atoms with van der Waals surface area (Å²) in [5, 5.41) is 28.2. The molecule has 1 aliphatic heterocycles. The molecule has 1 saturated heterocycles. The first-order valence-electron chi connectivity index (χ1n) is 9.55. The lowest BCUT2D eigenvalue weighted by Gasteiger charge is -2.15. The van der Waals surface area contributed by atoms with Crippen molar-refractivity contribution in [2.45, 2.75) is 37.4 Å². The molecule has 3 rings (SSSR count). The average molecular weight is 417 g/mol. The number of hydrogen-bond acceptors (Lipinski definition) is 5. The number of carbonyl (C=O) groups is 2. The fourth-order valence-electron chi connectivity index (χ4n) is 3.11. The molecular formula is C21H24FN3O5. The van der Waals surface area contributed by atoms with Gasteiger partial charge in [0.25, 0.3) is 0 Å². The van der Waals surface area contributed by atoms with Crippen LogP contribution in [-0.2, 0) is 16.1 Å². The van der Waals surface area contributed by atoms with Gasteiger partial charge in [-0.3, -0.25) is 4.79 Å². The molecule has 8 nitrogen and oxygen atoms in total. The summed E-state index contributed by atoms with van der Waals surface area (Å²) in [7, 11) is 0. The Hall–Kier alpha value is -3.01. The van der Waals surface area contributed by atoms with Gasteiger partial charge < -0.3 is 30.9 Å². The number of hydrogen-bond donors (Lipinski definition) is 5. The smallest absolute Gasteiger partial charge is 0.319 e. The molecular weight excluding hydrogens is 393 g/mol. The summed E-state index contributed by atoms with van der Waals surface area (Å²) in [6, 6.07) is 14.1. The van der Waals surface area contributed by atoms with Crippen LogP contribution in [0.5, 0.6) is 0 Å². The number of nitrogens with one attached hydrogen (secondary N) is 3. The van der Waals surface area contributed by atoms with Crippen molar-refractivity contribution in [3.8, 4) is 0 Å². The van der Waals surface area contributed by atoms with Crippen LogP contribution in [0.4, 0.5) is 14.9 Å². The van der Waals surface area contributed by atoms with Crippen LogP contribution < -0.4 is 16.0 Å². The number of para-hydroxylation sites is 1. The Labute approximate surface area is 173 Å². The number of rotatable bonds is 7. The molecule has 2 aromatic rings. The van der Waals surface area contributed by atoms with E-state index in [1.807, 2.05) is 6.07 Å². The van der Waals surface area contributed by atoms with Crippen LogP contribution in [0.1, 0.15) is 12.0 Å². The standard InChI is InChI=1S/C21H24FN3O5/c22-14-8-6-13(7-9-14)11-23-18(26)10-16-19(27)20(28)17(30-16)12-24-21(29)25-15-4-2-1-3-5-15/h1-9,16-17,19-20,27-28H,10-12H2,(H,23,26)(H2,24,25,29)/t16-,17-,19-,20+/m0/s1. The fraction of sp³-hybridized carbons (Fsp3) is 0.333.